The third-order valence-electron chi connectivity index (χ3n) is 2.21. The molecule has 0 aromatic carbocycles. The summed E-state index contributed by atoms with van der Waals surface area (Å²) in [7, 11) is 0. The van der Waals surface area contributed by atoms with Crippen LogP contribution in [0.4, 0.5) is 0 Å². The molecule has 0 amide bonds. The average Bonchev–Trinajstić information content (AvgIpc) is 2.34. The van der Waals surface area contributed by atoms with Crippen molar-refractivity contribution in [3.63, 3.8) is 0 Å². The zero-order chi connectivity index (χ0) is 13.7. The third kappa shape index (κ3) is 7.33. The molecule has 2 unspecified atom stereocenters. The Bertz CT molecular complexity index is 387. The Morgan fingerprint density at radius 3 is 1.29 bits per heavy atom. The number of ether oxygens (including phenoxy) is 2. The summed E-state index contributed by atoms with van der Waals surface area (Å²) < 4.78 is 9.29. The molecule has 21 heavy (non-hydrogen) atoms. The molecule has 0 saturated carbocycles. The fraction of sp³-hybridized carbons (Fsp3) is 0.333. The number of hydrogen-bond donors (Lipinski definition) is 0. The fourth-order valence-corrected chi connectivity index (χ4v) is 1.12. The normalized spacial score (nSPS) is 22.5. The summed E-state index contributed by atoms with van der Waals surface area (Å²) in [6, 6.07) is 0. The Morgan fingerprint density at radius 1 is 0.810 bits per heavy atom. The summed E-state index contributed by atoms with van der Waals surface area (Å²) >= 11 is 0. The van der Waals surface area contributed by atoms with Crippen molar-refractivity contribution in [3.8, 4) is 0 Å². The molecule has 0 aromatic rings. The monoisotopic (exact) mass is 334 g/mol. The van der Waals surface area contributed by atoms with Crippen LogP contribution in [0.1, 0.15) is 13.8 Å². The van der Waals surface area contributed by atoms with Gasteiger partial charge in [0.25, 0.3) is 0 Å². The van der Waals surface area contributed by atoms with Gasteiger partial charge in [-0.15, -0.1) is 11.5 Å². The molecule has 2 aliphatic rings. The van der Waals surface area contributed by atoms with E-state index in [1.165, 1.54) is 38.5 Å². The summed E-state index contributed by atoms with van der Waals surface area (Å²) in [5.74, 6) is -0.593. The summed E-state index contributed by atoms with van der Waals surface area (Å²) in [6.45, 7) is 2.97. The van der Waals surface area contributed by atoms with Crippen molar-refractivity contribution in [1.29, 1.82) is 0 Å². The zero-order valence-corrected chi connectivity index (χ0v) is 12.9. The maximum atomic E-state index is 10.6. The second-order valence-electron chi connectivity index (χ2n) is 3.57. The number of rotatable bonds is 0. The van der Waals surface area contributed by atoms with E-state index in [0.717, 1.165) is 0 Å². The molecule has 2 atom stereocenters. The van der Waals surface area contributed by atoms with E-state index in [4.69, 9.17) is 0 Å². The summed E-state index contributed by atoms with van der Waals surface area (Å²) in [4.78, 5) is 0. The van der Waals surface area contributed by atoms with Crippen LogP contribution >= 0.6 is 0 Å². The SMILES string of the molecule is CC1=C([O-])C([O-])C=CO1.CC1=C([O-])C([O-])C=CO1.[OH-].[OH-].[Ti]. The van der Waals surface area contributed by atoms with Gasteiger partial charge in [0.1, 0.15) is 0 Å². The molecule has 8 nitrogen and oxygen atoms in total. The molecule has 0 fully saturated rings. The van der Waals surface area contributed by atoms with E-state index < -0.39 is 23.7 Å². The van der Waals surface area contributed by atoms with E-state index in [2.05, 4.69) is 9.47 Å². The van der Waals surface area contributed by atoms with Crippen LogP contribution in [0.15, 0.2) is 47.7 Å². The van der Waals surface area contributed by atoms with Gasteiger partial charge < -0.3 is 40.9 Å². The van der Waals surface area contributed by atoms with Gasteiger partial charge in [0.05, 0.1) is 24.0 Å². The van der Waals surface area contributed by atoms with Crippen LogP contribution in [-0.2, 0) is 31.2 Å². The van der Waals surface area contributed by atoms with Gasteiger partial charge in [-0.1, -0.05) is 24.4 Å². The van der Waals surface area contributed by atoms with Crippen LogP contribution < -0.4 is 20.4 Å². The molecule has 9 heteroatoms. The van der Waals surface area contributed by atoms with Crippen molar-refractivity contribution in [2.24, 2.45) is 0 Å². The van der Waals surface area contributed by atoms with E-state index in [-0.39, 0.29) is 44.2 Å². The average molecular weight is 334 g/mol. The quantitative estimate of drug-likeness (QED) is 0.432. The van der Waals surface area contributed by atoms with Crippen molar-refractivity contribution in [1.82, 2.24) is 0 Å². The van der Waals surface area contributed by atoms with Gasteiger partial charge in [-0.25, -0.2) is 0 Å². The number of allylic oxidation sites excluding steroid dienone is 2. The molecule has 0 spiro atoms. The van der Waals surface area contributed by atoms with E-state index in [1.54, 1.807) is 0 Å². The topological polar surface area (TPSA) is 171 Å². The van der Waals surface area contributed by atoms with E-state index >= 15 is 0 Å². The van der Waals surface area contributed by atoms with Crippen molar-refractivity contribution in [3.05, 3.63) is 47.7 Å². The van der Waals surface area contributed by atoms with Gasteiger partial charge in [-0.3, -0.25) is 0 Å². The van der Waals surface area contributed by atoms with E-state index in [1.807, 2.05) is 0 Å². The molecular formula is C12H14O8Ti-6. The molecule has 0 aromatic heterocycles. The molecule has 2 aliphatic heterocycles. The minimum absolute atomic E-state index is 0. The largest absolute Gasteiger partial charge is 0.874 e. The van der Waals surface area contributed by atoms with Gasteiger partial charge in [0.2, 0.25) is 0 Å². The predicted octanol–water partition coefficient (Wildman–Crippen LogP) is -2.65. The van der Waals surface area contributed by atoms with Crippen molar-refractivity contribution >= 4 is 0 Å². The summed E-state index contributed by atoms with van der Waals surface area (Å²) in [6.07, 6.45) is 2.37. The Kier molecular flexibility index (Phi) is 13.4. The standard InChI is InChI=1S/2C6H7O3.2H2O.Ti/c2*1-4-6(8)5(7)2-3-9-4;;;/h2*2-3,5,8H,1H3;2*1H2;/q2*-1;;;/p-4. The first-order valence-electron chi connectivity index (χ1n) is 5.17. The maximum absolute atomic E-state index is 10.6. The van der Waals surface area contributed by atoms with E-state index in [9.17, 15) is 20.4 Å². The summed E-state index contributed by atoms with van der Waals surface area (Å²) in [5, 5.41) is 42.3. The van der Waals surface area contributed by atoms with E-state index in [0.29, 0.717) is 0 Å². The first-order valence-corrected chi connectivity index (χ1v) is 5.17. The minimum atomic E-state index is -1.25. The molecular weight excluding hydrogens is 320 g/mol. The molecule has 0 bridgehead atoms. The molecule has 120 valence electrons. The van der Waals surface area contributed by atoms with Gasteiger partial charge in [0, 0.05) is 21.7 Å². The molecule has 2 rings (SSSR count). The third-order valence-corrected chi connectivity index (χ3v) is 2.21. The first kappa shape index (κ1) is 24.7. The van der Waals surface area contributed by atoms with Crippen molar-refractivity contribution in [2.75, 3.05) is 0 Å². The predicted molar refractivity (Wildman–Crippen MR) is 57.3 cm³/mol. The number of hydrogen-bond acceptors (Lipinski definition) is 8. The minimum Gasteiger partial charge on any atom is -0.874 e. The molecule has 0 saturated heterocycles. The smallest absolute Gasteiger partial charge is 0.0874 e. The Morgan fingerprint density at radius 2 is 1.10 bits per heavy atom. The molecule has 0 aliphatic carbocycles. The van der Waals surface area contributed by atoms with Crippen LogP contribution in [0.2, 0.25) is 0 Å². The van der Waals surface area contributed by atoms with Gasteiger partial charge in [0.15, 0.2) is 0 Å². The molecule has 2 N–H and O–H groups in total. The van der Waals surface area contributed by atoms with Gasteiger partial charge in [-0.05, 0) is 13.8 Å². The second kappa shape index (κ2) is 11.4. The van der Waals surface area contributed by atoms with Crippen LogP contribution in [0.5, 0.6) is 0 Å². The Hall–Kier alpha value is -1.29. The van der Waals surface area contributed by atoms with Crippen LogP contribution in [0.3, 0.4) is 0 Å². The van der Waals surface area contributed by atoms with Gasteiger partial charge >= 0.3 is 0 Å². The second-order valence-corrected chi connectivity index (χ2v) is 3.57. The maximum Gasteiger partial charge on any atom is 0.0874 e. The first-order chi connectivity index (χ1) is 8.43. The molecule has 2 heterocycles. The van der Waals surface area contributed by atoms with Crippen molar-refractivity contribution in [2.45, 2.75) is 26.1 Å². The van der Waals surface area contributed by atoms with Crippen LogP contribution in [0.25, 0.3) is 0 Å². The van der Waals surface area contributed by atoms with Crippen molar-refractivity contribution < 1.29 is 62.6 Å². The van der Waals surface area contributed by atoms with Gasteiger partial charge in [-0.2, -0.15) is 0 Å². The van der Waals surface area contributed by atoms with Crippen LogP contribution in [0, 0.1) is 0 Å². The molecule has 0 radical (unpaired) electrons. The Labute approximate surface area is 136 Å². The fourth-order valence-electron chi connectivity index (χ4n) is 1.12. The Balaban J connectivity index is -0.000000270. The zero-order valence-electron chi connectivity index (χ0n) is 11.3. The summed E-state index contributed by atoms with van der Waals surface area (Å²) in [5.41, 5.74) is 0. The van der Waals surface area contributed by atoms with Crippen LogP contribution in [-0.4, -0.2) is 23.2 Å².